The van der Waals surface area contributed by atoms with Gasteiger partial charge in [-0.15, -0.1) is 0 Å². The molecule has 0 aliphatic carbocycles. The van der Waals surface area contributed by atoms with Gasteiger partial charge in [0.25, 0.3) is 0 Å². The van der Waals surface area contributed by atoms with E-state index in [2.05, 4.69) is 0 Å². The third-order valence-electron chi connectivity index (χ3n) is 2.67. The van der Waals surface area contributed by atoms with Crippen molar-refractivity contribution in [3.05, 3.63) is 46.3 Å². The molecule has 0 aliphatic heterocycles. The van der Waals surface area contributed by atoms with Crippen LogP contribution in [0.1, 0.15) is 5.56 Å². The first-order valence-electron chi connectivity index (χ1n) is 5.54. The summed E-state index contributed by atoms with van der Waals surface area (Å²) in [6.07, 6.45) is 2.94. The number of nitrogens with two attached hydrogens (primary N) is 1. The van der Waals surface area contributed by atoms with Crippen LogP contribution in [0, 0.1) is 0 Å². The third-order valence-corrected chi connectivity index (χ3v) is 5.40. The van der Waals surface area contributed by atoms with Crippen LogP contribution >= 0.6 is 23.2 Å². The molecule has 1 aromatic heterocycles. The van der Waals surface area contributed by atoms with E-state index >= 15 is 0 Å². The molecule has 2 rings (SSSR count). The van der Waals surface area contributed by atoms with Gasteiger partial charge in [0.1, 0.15) is 4.90 Å². The van der Waals surface area contributed by atoms with E-state index < -0.39 is 10.0 Å². The first-order chi connectivity index (χ1) is 9.32. The second-order valence-corrected chi connectivity index (χ2v) is 7.00. The first-order valence-corrected chi connectivity index (χ1v) is 7.74. The van der Waals surface area contributed by atoms with Gasteiger partial charge in [0.15, 0.2) is 0 Å². The number of rotatable bonds is 4. The fraction of sp³-hybridized carbons (Fsp3) is 0.167. The minimum Gasteiger partial charge on any atom is -0.472 e. The molecule has 0 aliphatic rings. The fourth-order valence-electron chi connectivity index (χ4n) is 1.71. The zero-order valence-corrected chi connectivity index (χ0v) is 12.8. The second kappa shape index (κ2) is 5.65. The number of nitrogen functional groups attached to an aromatic ring is 1. The highest BCUT2D eigenvalue weighted by Gasteiger charge is 2.27. The summed E-state index contributed by atoms with van der Waals surface area (Å²) in [4.78, 5) is -0.152. The monoisotopic (exact) mass is 334 g/mol. The van der Waals surface area contributed by atoms with Crippen molar-refractivity contribution in [2.75, 3.05) is 12.8 Å². The summed E-state index contributed by atoms with van der Waals surface area (Å²) in [5.41, 5.74) is 6.59. The Hall–Kier alpha value is -1.21. The van der Waals surface area contributed by atoms with Gasteiger partial charge in [-0.05, 0) is 18.2 Å². The Morgan fingerprint density at radius 2 is 1.90 bits per heavy atom. The van der Waals surface area contributed by atoms with E-state index in [0.29, 0.717) is 5.69 Å². The van der Waals surface area contributed by atoms with E-state index in [4.69, 9.17) is 33.4 Å². The Bertz CT molecular complexity index is 691. The van der Waals surface area contributed by atoms with Crippen LogP contribution in [-0.4, -0.2) is 19.8 Å². The molecule has 108 valence electrons. The van der Waals surface area contributed by atoms with Crippen molar-refractivity contribution >= 4 is 38.9 Å². The Labute approximate surface area is 126 Å². The van der Waals surface area contributed by atoms with Gasteiger partial charge in [-0.25, -0.2) is 8.42 Å². The zero-order valence-electron chi connectivity index (χ0n) is 10.5. The lowest BCUT2D eigenvalue weighted by atomic mass is 10.3. The largest absolute Gasteiger partial charge is 0.472 e. The predicted octanol–water partition coefficient (Wildman–Crippen LogP) is 2.99. The molecule has 8 heteroatoms. The molecule has 0 bridgehead atoms. The molecule has 0 radical (unpaired) electrons. The molecule has 0 spiro atoms. The molecule has 1 heterocycles. The molecule has 2 N–H and O–H groups in total. The number of hydrogen-bond donors (Lipinski definition) is 1. The summed E-state index contributed by atoms with van der Waals surface area (Å²) in [7, 11) is -2.39. The molecule has 0 amide bonds. The zero-order chi connectivity index (χ0) is 14.9. The number of halogens is 2. The summed E-state index contributed by atoms with van der Waals surface area (Å²) in [6.45, 7) is 0.149. The topological polar surface area (TPSA) is 76.5 Å². The molecular weight excluding hydrogens is 323 g/mol. The Morgan fingerprint density at radius 3 is 2.40 bits per heavy atom. The van der Waals surface area contributed by atoms with Crippen molar-refractivity contribution in [1.82, 2.24) is 4.31 Å². The molecule has 0 unspecified atom stereocenters. The average Bonchev–Trinajstić information content (AvgIpc) is 2.79. The number of furan rings is 1. The highest BCUT2D eigenvalue weighted by molar-refractivity contribution is 7.89. The van der Waals surface area contributed by atoms with Crippen molar-refractivity contribution in [1.29, 1.82) is 0 Å². The van der Waals surface area contributed by atoms with Gasteiger partial charge in [-0.2, -0.15) is 4.31 Å². The van der Waals surface area contributed by atoms with E-state index in [-0.39, 0.29) is 21.5 Å². The van der Waals surface area contributed by atoms with Gasteiger partial charge < -0.3 is 10.2 Å². The highest BCUT2D eigenvalue weighted by atomic mass is 35.5. The minimum atomic E-state index is -3.82. The molecule has 0 saturated heterocycles. The van der Waals surface area contributed by atoms with Gasteiger partial charge in [-0.1, -0.05) is 23.2 Å². The SMILES string of the molecule is CN(Cc1ccoc1)S(=O)(=O)c1c(Cl)cc(N)cc1Cl. The molecule has 0 saturated carbocycles. The van der Waals surface area contributed by atoms with Crippen LogP contribution in [0.2, 0.25) is 10.0 Å². The summed E-state index contributed by atoms with van der Waals surface area (Å²) in [5, 5.41) is -0.0110. The molecule has 0 fully saturated rings. The lowest BCUT2D eigenvalue weighted by Gasteiger charge is -2.18. The van der Waals surface area contributed by atoms with Gasteiger partial charge in [0.05, 0.1) is 22.6 Å². The molecule has 1 aromatic carbocycles. The van der Waals surface area contributed by atoms with Gasteiger partial charge >= 0.3 is 0 Å². The van der Waals surface area contributed by atoms with E-state index in [0.717, 1.165) is 9.87 Å². The van der Waals surface area contributed by atoms with Crippen LogP contribution in [0.5, 0.6) is 0 Å². The fourth-order valence-corrected chi connectivity index (χ4v) is 4.04. The van der Waals surface area contributed by atoms with Crippen molar-refractivity contribution < 1.29 is 12.8 Å². The van der Waals surface area contributed by atoms with Crippen LogP contribution in [0.4, 0.5) is 5.69 Å². The number of hydrogen-bond acceptors (Lipinski definition) is 4. The van der Waals surface area contributed by atoms with Gasteiger partial charge in [0.2, 0.25) is 10.0 Å². The smallest absolute Gasteiger partial charge is 0.246 e. The lowest BCUT2D eigenvalue weighted by molar-refractivity contribution is 0.463. The Balaban J connectivity index is 2.40. The maximum absolute atomic E-state index is 12.5. The summed E-state index contributed by atoms with van der Waals surface area (Å²) >= 11 is 11.9. The summed E-state index contributed by atoms with van der Waals surface area (Å²) in [5.74, 6) is 0. The maximum atomic E-state index is 12.5. The predicted molar refractivity (Wildman–Crippen MR) is 78.2 cm³/mol. The molecule has 5 nitrogen and oxygen atoms in total. The van der Waals surface area contributed by atoms with Crippen molar-refractivity contribution in [3.63, 3.8) is 0 Å². The Kier molecular flexibility index (Phi) is 4.29. The molecular formula is C12H12Cl2N2O3S. The van der Waals surface area contributed by atoms with Crippen molar-refractivity contribution in [2.45, 2.75) is 11.4 Å². The van der Waals surface area contributed by atoms with Crippen molar-refractivity contribution in [3.8, 4) is 0 Å². The second-order valence-electron chi connectivity index (χ2n) is 4.21. The standard InChI is InChI=1S/C12H12Cl2N2O3S/c1-16(6-8-2-3-19-7-8)20(17,18)12-10(13)4-9(15)5-11(12)14/h2-5,7H,6,15H2,1H3. The highest BCUT2D eigenvalue weighted by Crippen LogP contribution is 2.33. The van der Waals surface area contributed by atoms with E-state index in [1.54, 1.807) is 6.07 Å². The van der Waals surface area contributed by atoms with E-state index in [9.17, 15) is 8.42 Å². The quantitative estimate of drug-likeness (QED) is 0.872. The Morgan fingerprint density at radius 1 is 1.30 bits per heavy atom. The number of benzene rings is 1. The number of anilines is 1. The van der Waals surface area contributed by atoms with Crippen LogP contribution < -0.4 is 5.73 Å². The van der Waals surface area contributed by atoms with Crippen LogP contribution in [0.15, 0.2) is 40.0 Å². The van der Waals surface area contributed by atoms with Crippen LogP contribution in [0.3, 0.4) is 0 Å². The molecule has 2 aromatic rings. The summed E-state index contributed by atoms with van der Waals surface area (Å²) in [6, 6.07) is 4.39. The van der Waals surface area contributed by atoms with Gasteiger partial charge in [0, 0.05) is 24.8 Å². The average molecular weight is 335 g/mol. The normalized spacial score (nSPS) is 12.0. The van der Waals surface area contributed by atoms with E-state index in [1.807, 2.05) is 0 Å². The molecule has 0 atom stereocenters. The van der Waals surface area contributed by atoms with Crippen LogP contribution in [0.25, 0.3) is 0 Å². The number of nitrogens with zero attached hydrogens (tertiary/aromatic N) is 1. The maximum Gasteiger partial charge on any atom is 0.246 e. The third kappa shape index (κ3) is 2.93. The lowest BCUT2D eigenvalue weighted by Crippen LogP contribution is -2.27. The van der Waals surface area contributed by atoms with E-state index in [1.165, 1.54) is 31.7 Å². The van der Waals surface area contributed by atoms with Gasteiger partial charge in [-0.3, -0.25) is 0 Å². The van der Waals surface area contributed by atoms with Crippen molar-refractivity contribution in [2.24, 2.45) is 0 Å². The minimum absolute atomic E-state index is 0.00552. The van der Waals surface area contributed by atoms with Crippen LogP contribution in [-0.2, 0) is 16.6 Å². The summed E-state index contributed by atoms with van der Waals surface area (Å²) < 4.78 is 31.0. The number of sulfonamides is 1. The first kappa shape index (κ1) is 15.2. The molecule has 20 heavy (non-hydrogen) atoms.